The summed E-state index contributed by atoms with van der Waals surface area (Å²) in [6.07, 6.45) is -3.28. The standard InChI is InChI=1S/C15H12BrF4N3O/c16-10-6-9(7-11(17)8-10)14(24)23-5-4-22-13-12(15(18,19)20)2-1-3-21-13/h1-3,6-8H,4-5H2,(H,21,22)(H,23,24). The average Bonchev–Trinajstić information content (AvgIpc) is 2.50. The van der Waals surface area contributed by atoms with Gasteiger partial charge in [0.25, 0.3) is 5.91 Å². The highest BCUT2D eigenvalue weighted by molar-refractivity contribution is 9.10. The maximum atomic E-state index is 13.2. The maximum Gasteiger partial charge on any atom is 0.419 e. The molecule has 24 heavy (non-hydrogen) atoms. The fraction of sp³-hybridized carbons (Fsp3) is 0.200. The molecule has 0 unspecified atom stereocenters. The van der Waals surface area contributed by atoms with E-state index in [-0.39, 0.29) is 24.5 Å². The Morgan fingerprint density at radius 1 is 1.21 bits per heavy atom. The van der Waals surface area contributed by atoms with E-state index in [1.54, 1.807) is 0 Å². The summed E-state index contributed by atoms with van der Waals surface area (Å²) in [5.41, 5.74) is -0.777. The van der Waals surface area contributed by atoms with Crippen molar-refractivity contribution in [2.45, 2.75) is 6.18 Å². The van der Waals surface area contributed by atoms with Crippen LogP contribution in [0, 0.1) is 5.82 Å². The van der Waals surface area contributed by atoms with Gasteiger partial charge in [-0.15, -0.1) is 0 Å². The van der Waals surface area contributed by atoms with Gasteiger partial charge in [0, 0.05) is 29.3 Å². The van der Waals surface area contributed by atoms with E-state index in [0.717, 1.165) is 12.1 Å². The Labute approximate surface area is 143 Å². The Hall–Kier alpha value is -2.16. The first-order valence-corrected chi connectivity index (χ1v) is 7.57. The topological polar surface area (TPSA) is 54.0 Å². The number of aromatic nitrogens is 1. The predicted octanol–water partition coefficient (Wildman–Crippen LogP) is 3.84. The van der Waals surface area contributed by atoms with Crippen LogP contribution in [0.4, 0.5) is 23.4 Å². The van der Waals surface area contributed by atoms with Crippen LogP contribution in [0.2, 0.25) is 0 Å². The summed E-state index contributed by atoms with van der Waals surface area (Å²) < 4.78 is 52.0. The molecule has 0 atom stereocenters. The van der Waals surface area contributed by atoms with Crippen molar-refractivity contribution in [2.75, 3.05) is 18.4 Å². The molecule has 0 saturated heterocycles. The van der Waals surface area contributed by atoms with Gasteiger partial charge < -0.3 is 10.6 Å². The lowest BCUT2D eigenvalue weighted by Crippen LogP contribution is -2.29. The number of alkyl halides is 3. The van der Waals surface area contributed by atoms with Crippen LogP contribution in [0.3, 0.4) is 0 Å². The fourth-order valence-electron chi connectivity index (χ4n) is 1.92. The summed E-state index contributed by atoms with van der Waals surface area (Å²) in [6, 6.07) is 5.81. The second-order valence-electron chi connectivity index (χ2n) is 4.74. The van der Waals surface area contributed by atoms with E-state index in [2.05, 4.69) is 31.5 Å². The zero-order valence-electron chi connectivity index (χ0n) is 12.1. The monoisotopic (exact) mass is 405 g/mol. The van der Waals surface area contributed by atoms with E-state index in [1.165, 1.54) is 24.4 Å². The van der Waals surface area contributed by atoms with Crippen molar-refractivity contribution in [1.82, 2.24) is 10.3 Å². The third kappa shape index (κ3) is 4.92. The second-order valence-corrected chi connectivity index (χ2v) is 5.65. The van der Waals surface area contributed by atoms with Crippen LogP contribution in [0.25, 0.3) is 0 Å². The Balaban J connectivity index is 1.91. The zero-order valence-corrected chi connectivity index (χ0v) is 13.7. The van der Waals surface area contributed by atoms with Crippen LogP contribution < -0.4 is 10.6 Å². The highest BCUT2D eigenvalue weighted by atomic mass is 79.9. The third-order valence-electron chi connectivity index (χ3n) is 2.94. The summed E-state index contributed by atoms with van der Waals surface area (Å²) in [7, 11) is 0. The molecule has 0 aliphatic heterocycles. The number of carbonyl (C=O) groups is 1. The number of halogens is 5. The number of nitrogens with zero attached hydrogens (tertiary/aromatic N) is 1. The molecule has 0 spiro atoms. The van der Waals surface area contributed by atoms with Gasteiger partial charge in [0.2, 0.25) is 0 Å². The normalized spacial score (nSPS) is 11.2. The molecular formula is C15H12BrF4N3O. The number of hydrogen-bond acceptors (Lipinski definition) is 3. The Bertz CT molecular complexity index is 717. The molecule has 1 heterocycles. The number of pyridine rings is 1. The minimum absolute atomic E-state index is 0.0301. The van der Waals surface area contributed by atoms with Crippen molar-refractivity contribution in [3.8, 4) is 0 Å². The second kappa shape index (κ2) is 7.61. The number of amides is 1. The van der Waals surface area contributed by atoms with Crippen LogP contribution in [-0.4, -0.2) is 24.0 Å². The first-order chi connectivity index (χ1) is 11.3. The van der Waals surface area contributed by atoms with Crippen molar-refractivity contribution in [3.05, 3.63) is 57.9 Å². The van der Waals surface area contributed by atoms with Crippen molar-refractivity contribution in [2.24, 2.45) is 0 Å². The van der Waals surface area contributed by atoms with E-state index in [0.29, 0.717) is 4.47 Å². The van der Waals surface area contributed by atoms with Gasteiger partial charge in [-0.3, -0.25) is 4.79 Å². The van der Waals surface area contributed by atoms with Crippen LogP contribution >= 0.6 is 15.9 Å². The molecule has 128 valence electrons. The van der Waals surface area contributed by atoms with E-state index >= 15 is 0 Å². The molecule has 1 aromatic heterocycles. The lowest BCUT2D eigenvalue weighted by atomic mass is 10.2. The lowest BCUT2D eigenvalue weighted by Gasteiger charge is -2.13. The van der Waals surface area contributed by atoms with Gasteiger partial charge in [-0.25, -0.2) is 9.37 Å². The molecule has 0 saturated carbocycles. The molecule has 2 rings (SSSR count). The summed E-state index contributed by atoms with van der Waals surface area (Å²) in [5.74, 6) is -1.42. The molecule has 0 fully saturated rings. The van der Waals surface area contributed by atoms with Crippen molar-refractivity contribution >= 4 is 27.7 Å². The van der Waals surface area contributed by atoms with Crippen molar-refractivity contribution in [1.29, 1.82) is 0 Å². The molecule has 1 amide bonds. The van der Waals surface area contributed by atoms with E-state index in [1.807, 2.05) is 0 Å². The first kappa shape index (κ1) is 18.2. The van der Waals surface area contributed by atoms with Crippen LogP contribution in [0.1, 0.15) is 15.9 Å². The van der Waals surface area contributed by atoms with E-state index in [9.17, 15) is 22.4 Å². The van der Waals surface area contributed by atoms with E-state index < -0.39 is 23.5 Å². The molecule has 9 heteroatoms. The van der Waals surface area contributed by atoms with Gasteiger partial charge >= 0.3 is 6.18 Å². The highest BCUT2D eigenvalue weighted by Gasteiger charge is 2.33. The van der Waals surface area contributed by atoms with Crippen molar-refractivity contribution < 1.29 is 22.4 Å². The quantitative estimate of drug-likeness (QED) is 0.586. The van der Waals surface area contributed by atoms with E-state index in [4.69, 9.17) is 0 Å². The lowest BCUT2D eigenvalue weighted by molar-refractivity contribution is -0.137. The first-order valence-electron chi connectivity index (χ1n) is 6.78. The fourth-order valence-corrected chi connectivity index (χ4v) is 2.38. The van der Waals surface area contributed by atoms with Crippen LogP contribution in [0.15, 0.2) is 41.0 Å². The number of carbonyl (C=O) groups excluding carboxylic acids is 1. The molecular weight excluding hydrogens is 394 g/mol. The number of benzene rings is 1. The SMILES string of the molecule is O=C(NCCNc1ncccc1C(F)(F)F)c1cc(F)cc(Br)c1. The van der Waals surface area contributed by atoms with Crippen LogP contribution in [0.5, 0.6) is 0 Å². The minimum atomic E-state index is -4.52. The van der Waals surface area contributed by atoms with Gasteiger partial charge in [0.1, 0.15) is 11.6 Å². The van der Waals surface area contributed by atoms with Gasteiger partial charge in [-0.1, -0.05) is 15.9 Å². The molecule has 1 aromatic carbocycles. The molecule has 2 aromatic rings. The summed E-state index contributed by atoms with van der Waals surface area (Å²) in [6.45, 7) is 0.0726. The average molecular weight is 406 g/mol. The molecule has 0 bridgehead atoms. The molecule has 4 nitrogen and oxygen atoms in total. The summed E-state index contributed by atoms with van der Waals surface area (Å²) in [4.78, 5) is 15.5. The minimum Gasteiger partial charge on any atom is -0.368 e. The number of anilines is 1. The van der Waals surface area contributed by atoms with Gasteiger partial charge in [-0.2, -0.15) is 13.2 Å². The zero-order chi connectivity index (χ0) is 17.7. The number of rotatable bonds is 5. The number of hydrogen-bond donors (Lipinski definition) is 2. The smallest absolute Gasteiger partial charge is 0.368 e. The predicted molar refractivity (Wildman–Crippen MR) is 84.2 cm³/mol. The maximum absolute atomic E-state index is 13.2. The largest absolute Gasteiger partial charge is 0.419 e. The summed E-state index contributed by atoms with van der Waals surface area (Å²) in [5, 5.41) is 5.00. The highest BCUT2D eigenvalue weighted by Crippen LogP contribution is 2.33. The van der Waals surface area contributed by atoms with Gasteiger partial charge in [-0.05, 0) is 30.3 Å². The molecule has 2 N–H and O–H groups in total. The molecule has 0 aliphatic rings. The molecule has 0 aliphatic carbocycles. The van der Waals surface area contributed by atoms with Crippen molar-refractivity contribution in [3.63, 3.8) is 0 Å². The Morgan fingerprint density at radius 2 is 1.96 bits per heavy atom. The Kier molecular flexibility index (Phi) is 5.76. The van der Waals surface area contributed by atoms with Gasteiger partial charge in [0.15, 0.2) is 0 Å². The summed E-state index contributed by atoms with van der Waals surface area (Å²) >= 11 is 3.07. The Morgan fingerprint density at radius 3 is 2.62 bits per heavy atom. The third-order valence-corrected chi connectivity index (χ3v) is 3.40. The number of nitrogens with one attached hydrogen (secondary N) is 2. The van der Waals surface area contributed by atoms with Gasteiger partial charge in [0.05, 0.1) is 5.56 Å². The molecule has 0 radical (unpaired) electrons. The van der Waals surface area contributed by atoms with Crippen LogP contribution in [-0.2, 0) is 6.18 Å².